The summed E-state index contributed by atoms with van der Waals surface area (Å²) in [5.41, 5.74) is 1.26. The quantitative estimate of drug-likeness (QED) is 0.817. The SMILES string of the molecule is COC1=C[C@@H]2[C@@H]3Cc4ccc(OC)c(O)c4[C@]2(CCN3C)C[C@@]1(O)c1ccccc1. The van der Waals surface area contributed by atoms with Crippen LogP contribution in [0.5, 0.6) is 11.5 Å². The van der Waals surface area contributed by atoms with Crippen molar-refractivity contribution in [3.63, 3.8) is 0 Å². The Hall–Kier alpha value is -2.50. The highest BCUT2D eigenvalue weighted by Crippen LogP contribution is 2.61. The summed E-state index contributed by atoms with van der Waals surface area (Å²) < 4.78 is 11.2. The zero-order chi connectivity index (χ0) is 21.1. The number of phenolic OH excluding ortho intramolecular Hbond substituents is 1. The predicted molar refractivity (Wildman–Crippen MR) is 115 cm³/mol. The van der Waals surface area contributed by atoms with Crippen molar-refractivity contribution in [2.75, 3.05) is 27.8 Å². The van der Waals surface area contributed by atoms with Gasteiger partial charge in [0.2, 0.25) is 0 Å². The van der Waals surface area contributed by atoms with E-state index in [9.17, 15) is 10.2 Å². The molecule has 0 spiro atoms. The van der Waals surface area contributed by atoms with Crippen LogP contribution in [0.1, 0.15) is 29.5 Å². The molecule has 2 N–H and O–H groups in total. The number of hydrogen-bond donors (Lipinski definition) is 2. The summed E-state index contributed by atoms with van der Waals surface area (Å²) in [7, 11) is 5.39. The minimum Gasteiger partial charge on any atom is -0.504 e. The first-order valence-electron chi connectivity index (χ1n) is 10.6. The molecule has 2 aliphatic carbocycles. The van der Waals surface area contributed by atoms with Gasteiger partial charge in [-0.15, -0.1) is 0 Å². The van der Waals surface area contributed by atoms with Crippen molar-refractivity contribution in [3.05, 3.63) is 71.0 Å². The van der Waals surface area contributed by atoms with E-state index in [4.69, 9.17) is 9.47 Å². The first-order chi connectivity index (χ1) is 14.4. The summed E-state index contributed by atoms with van der Waals surface area (Å²) in [4.78, 5) is 2.41. The molecular weight excluding hydrogens is 378 g/mol. The highest BCUT2D eigenvalue weighted by molar-refractivity contribution is 5.58. The summed E-state index contributed by atoms with van der Waals surface area (Å²) in [6.07, 6.45) is 4.29. The number of likely N-dealkylation sites (tertiary alicyclic amines) is 1. The maximum absolute atomic E-state index is 12.0. The Kier molecular flexibility index (Phi) is 4.38. The third kappa shape index (κ3) is 2.48. The average Bonchev–Trinajstić information content (AvgIpc) is 2.76. The second-order valence-electron chi connectivity index (χ2n) is 8.97. The summed E-state index contributed by atoms with van der Waals surface area (Å²) in [6, 6.07) is 14.0. The third-order valence-corrected chi connectivity index (χ3v) is 7.68. The number of rotatable bonds is 3. The molecule has 0 aromatic heterocycles. The average molecular weight is 408 g/mol. The normalized spacial score (nSPS) is 32.6. The molecule has 2 aromatic rings. The van der Waals surface area contributed by atoms with Gasteiger partial charge in [-0.1, -0.05) is 36.4 Å². The summed E-state index contributed by atoms with van der Waals surface area (Å²) in [5, 5.41) is 23.3. The zero-order valence-corrected chi connectivity index (χ0v) is 17.8. The first kappa shape index (κ1) is 19.5. The van der Waals surface area contributed by atoms with Crippen molar-refractivity contribution >= 4 is 0 Å². The Labute approximate surface area is 177 Å². The molecule has 1 aliphatic heterocycles. The van der Waals surface area contributed by atoms with E-state index >= 15 is 0 Å². The Bertz CT molecular complexity index is 1000. The van der Waals surface area contributed by atoms with Gasteiger partial charge >= 0.3 is 0 Å². The van der Waals surface area contributed by atoms with Crippen LogP contribution in [-0.2, 0) is 22.2 Å². The highest BCUT2D eigenvalue weighted by Gasteiger charge is 2.60. The fourth-order valence-corrected chi connectivity index (χ4v) is 6.26. The number of phenols is 1. The molecule has 5 nitrogen and oxygen atoms in total. The van der Waals surface area contributed by atoms with Crippen LogP contribution in [0.15, 0.2) is 54.3 Å². The zero-order valence-electron chi connectivity index (χ0n) is 17.8. The van der Waals surface area contributed by atoms with Crippen molar-refractivity contribution in [3.8, 4) is 11.5 Å². The Balaban J connectivity index is 1.78. The van der Waals surface area contributed by atoms with Gasteiger partial charge in [0.1, 0.15) is 11.4 Å². The van der Waals surface area contributed by atoms with Crippen molar-refractivity contribution < 1.29 is 19.7 Å². The number of nitrogens with zero attached hydrogens (tertiary/aromatic N) is 1. The van der Waals surface area contributed by atoms with Crippen molar-refractivity contribution in [2.45, 2.75) is 36.3 Å². The van der Waals surface area contributed by atoms with E-state index in [1.165, 1.54) is 0 Å². The molecule has 30 heavy (non-hydrogen) atoms. The number of fused-ring (bicyclic) bond motifs is 1. The molecule has 1 heterocycles. The number of aliphatic hydroxyl groups is 1. The topological polar surface area (TPSA) is 62.2 Å². The maximum Gasteiger partial charge on any atom is 0.161 e. The van der Waals surface area contributed by atoms with E-state index < -0.39 is 11.0 Å². The van der Waals surface area contributed by atoms with E-state index in [0.717, 1.165) is 36.1 Å². The van der Waals surface area contributed by atoms with Crippen LogP contribution in [0.4, 0.5) is 0 Å². The van der Waals surface area contributed by atoms with Gasteiger partial charge in [0, 0.05) is 22.9 Å². The van der Waals surface area contributed by atoms with Gasteiger partial charge in [0.25, 0.3) is 0 Å². The van der Waals surface area contributed by atoms with E-state index in [1.807, 2.05) is 36.4 Å². The van der Waals surface area contributed by atoms with Crippen LogP contribution < -0.4 is 4.74 Å². The molecule has 0 saturated carbocycles. The lowest BCUT2D eigenvalue weighted by Crippen LogP contribution is -2.62. The van der Waals surface area contributed by atoms with Crippen LogP contribution in [0.2, 0.25) is 0 Å². The minimum atomic E-state index is -1.25. The van der Waals surface area contributed by atoms with Crippen molar-refractivity contribution in [2.24, 2.45) is 5.92 Å². The molecule has 0 amide bonds. The number of benzene rings is 2. The smallest absolute Gasteiger partial charge is 0.161 e. The van der Waals surface area contributed by atoms with E-state index in [0.29, 0.717) is 24.0 Å². The molecule has 0 radical (unpaired) electrons. The van der Waals surface area contributed by atoms with Crippen LogP contribution in [0, 0.1) is 5.92 Å². The highest BCUT2D eigenvalue weighted by atomic mass is 16.5. The number of hydrogen-bond acceptors (Lipinski definition) is 5. The Morgan fingerprint density at radius 2 is 1.83 bits per heavy atom. The standard InChI is InChI=1S/C25H29NO4/c1-26-12-11-24-15-25(28,17-7-5-4-6-8-17)21(30-3)14-18(24)19(26)13-16-9-10-20(29-2)23(27)22(16)24/h4-10,14,18-19,27-28H,11-13,15H2,1-3H3/t18-,19+,24-,25-/m1/s1. The third-order valence-electron chi connectivity index (χ3n) is 7.68. The summed E-state index contributed by atoms with van der Waals surface area (Å²) in [6.45, 7) is 0.915. The first-order valence-corrected chi connectivity index (χ1v) is 10.6. The fourth-order valence-electron chi connectivity index (χ4n) is 6.26. The molecular formula is C25H29NO4. The lowest BCUT2D eigenvalue weighted by Gasteiger charge is -2.59. The maximum atomic E-state index is 12.0. The fraction of sp³-hybridized carbons (Fsp3) is 0.440. The number of piperidine rings is 1. The second-order valence-corrected chi connectivity index (χ2v) is 8.97. The number of methoxy groups -OCH3 is 2. The van der Waals surface area contributed by atoms with Gasteiger partial charge < -0.3 is 24.6 Å². The van der Waals surface area contributed by atoms with Crippen LogP contribution in [0.25, 0.3) is 0 Å². The molecule has 0 unspecified atom stereocenters. The van der Waals surface area contributed by atoms with Gasteiger partial charge in [-0.2, -0.15) is 0 Å². The molecule has 4 atom stereocenters. The molecule has 1 saturated heterocycles. The van der Waals surface area contributed by atoms with E-state index in [1.54, 1.807) is 14.2 Å². The lowest BCUT2D eigenvalue weighted by atomic mass is 9.51. The summed E-state index contributed by atoms with van der Waals surface area (Å²) >= 11 is 0. The largest absolute Gasteiger partial charge is 0.504 e. The summed E-state index contributed by atoms with van der Waals surface area (Å²) in [5.74, 6) is 1.44. The van der Waals surface area contributed by atoms with E-state index in [-0.39, 0.29) is 11.7 Å². The van der Waals surface area contributed by atoms with Crippen molar-refractivity contribution in [1.82, 2.24) is 4.90 Å². The number of aromatic hydroxyl groups is 1. The molecule has 1 fully saturated rings. The van der Waals surface area contributed by atoms with Gasteiger partial charge in [0.15, 0.2) is 11.5 Å². The number of ether oxygens (including phenoxy) is 2. The Morgan fingerprint density at radius 3 is 2.53 bits per heavy atom. The van der Waals surface area contributed by atoms with Gasteiger partial charge in [-0.05, 0) is 56.1 Å². The minimum absolute atomic E-state index is 0.140. The molecule has 3 aliphatic rings. The lowest BCUT2D eigenvalue weighted by molar-refractivity contribution is -0.0631. The molecule has 2 bridgehead atoms. The van der Waals surface area contributed by atoms with Crippen molar-refractivity contribution in [1.29, 1.82) is 0 Å². The second kappa shape index (κ2) is 6.76. The van der Waals surface area contributed by atoms with Gasteiger partial charge in [-0.25, -0.2) is 0 Å². The molecule has 5 heteroatoms. The van der Waals surface area contributed by atoms with Crippen LogP contribution >= 0.6 is 0 Å². The van der Waals surface area contributed by atoms with Gasteiger partial charge in [0.05, 0.1) is 14.2 Å². The Morgan fingerprint density at radius 1 is 1.07 bits per heavy atom. The van der Waals surface area contributed by atoms with E-state index in [2.05, 4.69) is 24.1 Å². The van der Waals surface area contributed by atoms with Crippen LogP contribution in [-0.4, -0.2) is 49.0 Å². The van der Waals surface area contributed by atoms with Crippen LogP contribution in [0.3, 0.4) is 0 Å². The molecule has 2 aromatic carbocycles. The monoisotopic (exact) mass is 407 g/mol. The van der Waals surface area contributed by atoms with Gasteiger partial charge in [-0.3, -0.25) is 0 Å². The predicted octanol–water partition coefficient (Wildman–Crippen LogP) is 3.34. The molecule has 5 rings (SSSR count). The number of likely N-dealkylation sites (N-methyl/N-ethyl adjacent to an activating group) is 1. The molecule has 158 valence electrons.